The minimum absolute atomic E-state index is 0.0695. The molecule has 0 aromatic heterocycles. The average Bonchev–Trinajstić information content (AvgIpc) is 2.73. The minimum Gasteiger partial charge on any atom is -0.543 e. The number of ether oxygens (including phenoxy) is 2. The van der Waals surface area contributed by atoms with Crippen LogP contribution in [0.1, 0.15) is 50.4 Å². The molecule has 0 saturated carbocycles. The van der Waals surface area contributed by atoms with Gasteiger partial charge in [-0.1, -0.05) is 45.5 Å². The highest BCUT2D eigenvalue weighted by molar-refractivity contribution is 6.74. The van der Waals surface area contributed by atoms with E-state index in [2.05, 4.69) is 45.8 Å². The first-order valence-corrected chi connectivity index (χ1v) is 14.3. The van der Waals surface area contributed by atoms with Crippen molar-refractivity contribution in [1.29, 1.82) is 0 Å². The Hall–Kier alpha value is -2.73. The fourth-order valence-electron chi connectivity index (χ4n) is 3.12. The van der Waals surface area contributed by atoms with Gasteiger partial charge in [0, 0.05) is 11.8 Å². The maximum atomic E-state index is 12.6. The second-order valence-electron chi connectivity index (χ2n) is 9.89. The molecule has 0 radical (unpaired) electrons. The first kappa shape index (κ1) is 26.5. The summed E-state index contributed by atoms with van der Waals surface area (Å²) >= 11 is 0. The number of benzene rings is 2. The Labute approximate surface area is 200 Å². The Morgan fingerprint density at radius 3 is 2.24 bits per heavy atom. The molecular weight excluding hydrogens is 430 g/mol. The molecule has 2 rings (SSSR count). The molecular formula is C27H39NO4Si. The molecule has 2 aromatic carbocycles. The number of aryl methyl sites for hydroxylation is 2. The van der Waals surface area contributed by atoms with E-state index < -0.39 is 20.3 Å². The first-order valence-electron chi connectivity index (χ1n) is 11.4. The highest BCUT2D eigenvalue weighted by atomic mass is 28.4. The summed E-state index contributed by atoms with van der Waals surface area (Å²) in [7, 11) is -0.396. The third-order valence-corrected chi connectivity index (χ3v) is 10.7. The number of carbonyl (C=O) groups excluding carboxylic acids is 1. The predicted molar refractivity (Wildman–Crippen MR) is 139 cm³/mol. The second kappa shape index (κ2) is 10.5. The molecule has 0 spiro atoms. The lowest BCUT2D eigenvalue weighted by molar-refractivity contribution is -0.138. The van der Waals surface area contributed by atoms with E-state index in [0.717, 1.165) is 33.9 Å². The van der Waals surface area contributed by atoms with Crippen LogP contribution in [0.5, 0.6) is 11.5 Å². The summed E-state index contributed by atoms with van der Waals surface area (Å²) in [5.74, 6) is 1.18. The highest BCUT2D eigenvalue weighted by Crippen LogP contribution is 2.39. The highest BCUT2D eigenvalue weighted by Gasteiger charge is 2.39. The number of nitrogens with one attached hydrogen (secondary N) is 1. The SMILES string of the molecule is C=C(C(=O)OCC)[C@@H](Nc1ccc(C)c(OC)c1)c1ccc(C)c(O[Si](C)(C)C(C)(C)C)c1. The van der Waals surface area contributed by atoms with E-state index in [9.17, 15) is 4.79 Å². The molecule has 0 fully saturated rings. The van der Waals surface area contributed by atoms with Crippen molar-refractivity contribution in [3.05, 3.63) is 65.2 Å². The van der Waals surface area contributed by atoms with Gasteiger partial charge in [-0.3, -0.25) is 0 Å². The summed E-state index contributed by atoms with van der Waals surface area (Å²) in [6.07, 6.45) is 0. The van der Waals surface area contributed by atoms with E-state index in [1.54, 1.807) is 14.0 Å². The zero-order valence-electron chi connectivity index (χ0n) is 21.6. The van der Waals surface area contributed by atoms with Crippen LogP contribution >= 0.6 is 0 Å². The van der Waals surface area contributed by atoms with Crippen LogP contribution in [0.3, 0.4) is 0 Å². The van der Waals surface area contributed by atoms with Gasteiger partial charge in [0.15, 0.2) is 0 Å². The fourth-order valence-corrected chi connectivity index (χ4v) is 4.20. The van der Waals surface area contributed by atoms with Gasteiger partial charge < -0.3 is 19.2 Å². The van der Waals surface area contributed by atoms with Gasteiger partial charge in [-0.05, 0) is 67.7 Å². The van der Waals surface area contributed by atoms with Crippen molar-refractivity contribution in [3.63, 3.8) is 0 Å². The topological polar surface area (TPSA) is 56.8 Å². The van der Waals surface area contributed by atoms with Crippen LogP contribution in [0.25, 0.3) is 0 Å². The van der Waals surface area contributed by atoms with Crippen LogP contribution < -0.4 is 14.5 Å². The van der Waals surface area contributed by atoms with Crippen LogP contribution in [0, 0.1) is 13.8 Å². The van der Waals surface area contributed by atoms with E-state index in [1.807, 2.05) is 50.2 Å². The van der Waals surface area contributed by atoms with Gasteiger partial charge in [0.25, 0.3) is 0 Å². The molecule has 0 aliphatic heterocycles. The maximum Gasteiger partial charge on any atom is 0.335 e. The normalized spacial score (nSPS) is 12.6. The summed E-state index contributed by atoms with van der Waals surface area (Å²) in [5.41, 5.74) is 4.12. The lowest BCUT2D eigenvalue weighted by atomic mass is 9.97. The molecule has 0 amide bonds. The summed E-state index contributed by atoms with van der Waals surface area (Å²) in [6, 6.07) is 11.4. The third-order valence-electron chi connectivity index (χ3n) is 6.32. The zero-order chi connectivity index (χ0) is 25.0. The lowest BCUT2D eigenvalue weighted by Crippen LogP contribution is -2.44. The Kier molecular flexibility index (Phi) is 8.41. The molecule has 0 aliphatic carbocycles. The molecule has 180 valence electrons. The van der Waals surface area contributed by atoms with E-state index in [0.29, 0.717) is 5.57 Å². The van der Waals surface area contributed by atoms with Crippen molar-refractivity contribution in [2.45, 2.75) is 65.7 Å². The number of anilines is 1. The molecule has 1 N–H and O–H groups in total. The van der Waals surface area contributed by atoms with E-state index in [-0.39, 0.29) is 11.6 Å². The summed E-state index contributed by atoms with van der Waals surface area (Å²) in [4.78, 5) is 12.6. The predicted octanol–water partition coefficient (Wildman–Crippen LogP) is 6.97. The summed E-state index contributed by atoms with van der Waals surface area (Å²) < 4.78 is 17.4. The van der Waals surface area contributed by atoms with Crippen molar-refractivity contribution < 1.29 is 18.7 Å². The molecule has 0 aliphatic rings. The van der Waals surface area contributed by atoms with Gasteiger partial charge in [0.1, 0.15) is 11.5 Å². The molecule has 33 heavy (non-hydrogen) atoms. The molecule has 0 unspecified atom stereocenters. The van der Waals surface area contributed by atoms with Crippen LogP contribution in [-0.4, -0.2) is 28.0 Å². The Morgan fingerprint density at radius 1 is 1.06 bits per heavy atom. The van der Waals surface area contributed by atoms with Crippen molar-refractivity contribution in [2.24, 2.45) is 0 Å². The zero-order valence-corrected chi connectivity index (χ0v) is 22.6. The van der Waals surface area contributed by atoms with Crippen LogP contribution in [0.2, 0.25) is 18.1 Å². The minimum atomic E-state index is -2.04. The third kappa shape index (κ3) is 6.41. The van der Waals surface area contributed by atoms with Crippen molar-refractivity contribution in [2.75, 3.05) is 19.0 Å². The number of hydrogen-bond acceptors (Lipinski definition) is 5. The number of esters is 1. The molecule has 0 saturated heterocycles. The van der Waals surface area contributed by atoms with E-state index in [4.69, 9.17) is 13.9 Å². The van der Waals surface area contributed by atoms with Crippen molar-refractivity contribution >= 4 is 20.0 Å². The Morgan fingerprint density at radius 2 is 1.67 bits per heavy atom. The van der Waals surface area contributed by atoms with Crippen LogP contribution in [0.4, 0.5) is 5.69 Å². The van der Waals surface area contributed by atoms with Gasteiger partial charge in [0.2, 0.25) is 8.32 Å². The fraction of sp³-hybridized carbons (Fsp3) is 0.444. The largest absolute Gasteiger partial charge is 0.543 e. The van der Waals surface area contributed by atoms with Crippen LogP contribution in [-0.2, 0) is 9.53 Å². The smallest absolute Gasteiger partial charge is 0.335 e. The molecule has 5 nitrogen and oxygen atoms in total. The number of rotatable bonds is 9. The van der Waals surface area contributed by atoms with E-state index >= 15 is 0 Å². The number of carbonyl (C=O) groups is 1. The first-order chi connectivity index (χ1) is 15.3. The van der Waals surface area contributed by atoms with Gasteiger partial charge in [-0.2, -0.15) is 0 Å². The summed E-state index contributed by atoms with van der Waals surface area (Å²) in [6.45, 7) is 21.3. The standard InChI is InChI=1S/C27H39NO4Si/c1-11-31-26(29)20(4)25(28-22-15-13-18(2)23(17-22)30-8)21-14-12-19(3)24(16-21)32-33(9,10)27(5,6)7/h12-17,25,28H,4,11H2,1-3,5-10H3/t25-/m1/s1. The van der Waals surface area contributed by atoms with Gasteiger partial charge in [0.05, 0.1) is 25.3 Å². The quantitative estimate of drug-likeness (QED) is 0.244. The molecule has 2 aromatic rings. The van der Waals surface area contributed by atoms with Gasteiger partial charge in [-0.25, -0.2) is 4.79 Å². The Bertz CT molecular complexity index is 1010. The monoisotopic (exact) mass is 469 g/mol. The Balaban J connectivity index is 2.51. The van der Waals surface area contributed by atoms with Crippen LogP contribution in [0.15, 0.2) is 48.6 Å². The average molecular weight is 470 g/mol. The molecule has 6 heteroatoms. The lowest BCUT2D eigenvalue weighted by Gasteiger charge is -2.37. The van der Waals surface area contributed by atoms with Gasteiger partial charge in [-0.15, -0.1) is 0 Å². The number of methoxy groups -OCH3 is 1. The molecule has 0 heterocycles. The van der Waals surface area contributed by atoms with E-state index in [1.165, 1.54) is 0 Å². The van der Waals surface area contributed by atoms with Crippen molar-refractivity contribution in [3.8, 4) is 11.5 Å². The maximum absolute atomic E-state index is 12.6. The molecule has 1 atom stereocenters. The number of hydrogen-bond donors (Lipinski definition) is 1. The van der Waals surface area contributed by atoms with Gasteiger partial charge >= 0.3 is 5.97 Å². The second-order valence-corrected chi connectivity index (χ2v) is 14.6. The van der Waals surface area contributed by atoms with Crippen molar-refractivity contribution in [1.82, 2.24) is 0 Å². The summed E-state index contributed by atoms with van der Waals surface area (Å²) in [5, 5.41) is 3.52. The molecule has 0 bridgehead atoms.